The molecule has 4 nitrogen and oxygen atoms in total. The maximum absolute atomic E-state index is 12.1. The summed E-state index contributed by atoms with van der Waals surface area (Å²) in [5.41, 5.74) is 0.836. The lowest BCUT2D eigenvalue weighted by atomic mass is 9.84. The Balaban J connectivity index is 1.56. The van der Waals surface area contributed by atoms with Gasteiger partial charge in [-0.15, -0.1) is 0 Å². The van der Waals surface area contributed by atoms with Crippen LogP contribution in [-0.4, -0.2) is 36.7 Å². The van der Waals surface area contributed by atoms with Crippen LogP contribution in [0.1, 0.15) is 31.4 Å². The Morgan fingerprint density at radius 3 is 2.71 bits per heavy atom. The Labute approximate surface area is 130 Å². The van der Waals surface area contributed by atoms with Crippen LogP contribution in [0.15, 0.2) is 24.3 Å². The quantitative estimate of drug-likeness (QED) is 0.932. The number of hydrogen-bond donors (Lipinski definition) is 1. The van der Waals surface area contributed by atoms with Gasteiger partial charge in [0.2, 0.25) is 0 Å². The van der Waals surface area contributed by atoms with Gasteiger partial charge < -0.3 is 15.0 Å². The van der Waals surface area contributed by atoms with Crippen molar-refractivity contribution in [2.45, 2.75) is 31.9 Å². The predicted molar refractivity (Wildman–Crippen MR) is 82.4 cm³/mol. The molecular formula is C16H21ClN2O2. The first-order chi connectivity index (χ1) is 10.1. The minimum atomic E-state index is -0.347. The third-order valence-electron chi connectivity index (χ3n) is 4.59. The molecule has 1 amide bonds. The van der Waals surface area contributed by atoms with Crippen molar-refractivity contribution in [3.63, 3.8) is 0 Å². The van der Waals surface area contributed by atoms with Crippen LogP contribution >= 0.6 is 11.6 Å². The fourth-order valence-corrected chi connectivity index (χ4v) is 3.63. The zero-order valence-electron chi connectivity index (χ0n) is 12.2. The van der Waals surface area contributed by atoms with E-state index >= 15 is 0 Å². The van der Waals surface area contributed by atoms with E-state index < -0.39 is 0 Å². The smallest absolute Gasteiger partial charge is 0.408 e. The number of rotatable bonds is 3. The first-order valence-corrected chi connectivity index (χ1v) is 7.95. The topological polar surface area (TPSA) is 41.6 Å². The van der Waals surface area contributed by atoms with Gasteiger partial charge in [0.25, 0.3) is 0 Å². The fourth-order valence-electron chi connectivity index (χ4n) is 3.34. The molecule has 2 bridgehead atoms. The van der Waals surface area contributed by atoms with Crippen molar-refractivity contribution < 1.29 is 9.53 Å². The molecule has 4 rings (SSSR count). The molecule has 1 aromatic carbocycles. The van der Waals surface area contributed by atoms with Crippen LogP contribution in [0.4, 0.5) is 4.79 Å². The number of carbonyl (C=O) groups is 1. The minimum Gasteiger partial charge on any atom is -0.442 e. The molecule has 3 aliphatic heterocycles. The standard InChI is InChI=1S/C16H21ClN2O2/c1-11(13-4-2-3-5-14(13)17)21-16(20)18-15-10-19-8-6-12(15)7-9-19/h2-5,11-12,15H,6-10H2,1H3,(H,18,20)/t11-,15?/m1/s1. The van der Waals surface area contributed by atoms with E-state index in [2.05, 4.69) is 10.2 Å². The number of alkyl carbamates (subject to hydrolysis) is 1. The zero-order chi connectivity index (χ0) is 14.8. The van der Waals surface area contributed by atoms with E-state index in [0.717, 1.165) is 25.2 Å². The molecule has 3 saturated heterocycles. The predicted octanol–water partition coefficient (Wildman–Crippen LogP) is 3.22. The summed E-state index contributed by atoms with van der Waals surface area (Å²) < 4.78 is 5.47. The number of carbonyl (C=O) groups excluding carboxylic acids is 1. The summed E-state index contributed by atoms with van der Waals surface area (Å²) in [6.45, 7) is 5.11. The largest absolute Gasteiger partial charge is 0.442 e. The van der Waals surface area contributed by atoms with E-state index in [0.29, 0.717) is 10.9 Å². The van der Waals surface area contributed by atoms with Gasteiger partial charge in [-0.3, -0.25) is 0 Å². The van der Waals surface area contributed by atoms with Gasteiger partial charge in [0.1, 0.15) is 6.10 Å². The Morgan fingerprint density at radius 2 is 2.10 bits per heavy atom. The number of nitrogens with zero attached hydrogens (tertiary/aromatic N) is 1. The molecule has 21 heavy (non-hydrogen) atoms. The average molecular weight is 309 g/mol. The highest BCUT2D eigenvalue weighted by molar-refractivity contribution is 6.31. The molecule has 3 aliphatic rings. The lowest BCUT2D eigenvalue weighted by Crippen LogP contribution is -2.57. The normalized spacial score (nSPS) is 29.0. The van der Waals surface area contributed by atoms with Gasteiger partial charge in [0.15, 0.2) is 0 Å². The number of halogens is 1. The van der Waals surface area contributed by atoms with Crippen molar-refractivity contribution in [1.82, 2.24) is 10.2 Å². The van der Waals surface area contributed by atoms with Gasteiger partial charge >= 0.3 is 6.09 Å². The highest BCUT2D eigenvalue weighted by atomic mass is 35.5. The van der Waals surface area contributed by atoms with Crippen LogP contribution in [0, 0.1) is 5.92 Å². The molecule has 1 unspecified atom stereocenters. The molecule has 1 aromatic rings. The lowest BCUT2D eigenvalue weighted by molar-refractivity contribution is 0.0568. The van der Waals surface area contributed by atoms with E-state index in [1.807, 2.05) is 31.2 Å². The Kier molecular flexibility index (Phi) is 4.36. The van der Waals surface area contributed by atoms with E-state index in [9.17, 15) is 4.79 Å². The molecule has 0 spiro atoms. The van der Waals surface area contributed by atoms with E-state index in [-0.39, 0.29) is 18.2 Å². The summed E-state index contributed by atoms with van der Waals surface area (Å²) >= 11 is 6.13. The average Bonchev–Trinajstić information content (AvgIpc) is 2.48. The third-order valence-corrected chi connectivity index (χ3v) is 4.93. The summed E-state index contributed by atoms with van der Waals surface area (Å²) in [6.07, 6.45) is 1.65. The van der Waals surface area contributed by atoms with Crippen molar-refractivity contribution >= 4 is 17.7 Å². The summed E-state index contributed by atoms with van der Waals surface area (Å²) in [6, 6.07) is 7.67. The first-order valence-electron chi connectivity index (χ1n) is 7.57. The molecule has 1 N–H and O–H groups in total. The molecular weight excluding hydrogens is 288 g/mol. The SMILES string of the molecule is C[C@@H](OC(=O)NC1CN2CCC1CC2)c1ccccc1Cl. The maximum atomic E-state index is 12.1. The molecule has 5 heteroatoms. The Morgan fingerprint density at radius 1 is 1.38 bits per heavy atom. The number of hydrogen-bond acceptors (Lipinski definition) is 3. The molecule has 114 valence electrons. The molecule has 0 radical (unpaired) electrons. The second kappa shape index (κ2) is 6.24. The van der Waals surface area contributed by atoms with Crippen molar-refractivity contribution in [2.24, 2.45) is 5.92 Å². The Bertz CT molecular complexity index is 515. The van der Waals surface area contributed by atoms with Gasteiger partial charge in [0, 0.05) is 23.2 Å². The Hall–Kier alpha value is -1.26. The number of fused-ring (bicyclic) bond motifs is 3. The van der Waals surface area contributed by atoms with Crippen LogP contribution < -0.4 is 5.32 Å². The molecule has 2 atom stereocenters. The fraction of sp³-hybridized carbons (Fsp3) is 0.562. The minimum absolute atomic E-state index is 0.221. The van der Waals surface area contributed by atoms with Gasteiger partial charge in [-0.25, -0.2) is 4.79 Å². The highest BCUT2D eigenvalue weighted by Gasteiger charge is 2.35. The number of amides is 1. The monoisotopic (exact) mass is 308 g/mol. The van der Waals surface area contributed by atoms with Crippen molar-refractivity contribution in [2.75, 3.05) is 19.6 Å². The highest BCUT2D eigenvalue weighted by Crippen LogP contribution is 2.28. The zero-order valence-corrected chi connectivity index (χ0v) is 13.0. The van der Waals surface area contributed by atoms with E-state index in [1.165, 1.54) is 12.8 Å². The lowest BCUT2D eigenvalue weighted by Gasteiger charge is -2.44. The number of ether oxygens (including phenoxy) is 1. The summed E-state index contributed by atoms with van der Waals surface area (Å²) in [5.74, 6) is 0.596. The maximum Gasteiger partial charge on any atom is 0.408 e. The van der Waals surface area contributed by atoms with Crippen LogP contribution in [-0.2, 0) is 4.74 Å². The van der Waals surface area contributed by atoms with Gasteiger partial charge in [-0.2, -0.15) is 0 Å². The molecule has 0 aromatic heterocycles. The number of nitrogens with one attached hydrogen (secondary N) is 1. The first kappa shape index (κ1) is 14.7. The number of piperidine rings is 3. The van der Waals surface area contributed by atoms with Crippen LogP contribution in [0.3, 0.4) is 0 Å². The van der Waals surface area contributed by atoms with Crippen molar-refractivity contribution in [3.05, 3.63) is 34.9 Å². The second-order valence-corrected chi connectivity index (χ2v) is 6.37. The third kappa shape index (κ3) is 3.33. The second-order valence-electron chi connectivity index (χ2n) is 5.96. The number of benzene rings is 1. The molecule has 3 fully saturated rings. The van der Waals surface area contributed by atoms with Crippen LogP contribution in [0.2, 0.25) is 5.02 Å². The molecule has 0 saturated carbocycles. The van der Waals surface area contributed by atoms with Gasteiger partial charge in [-0.1, -0.05) is 29.8 Å². The van der Waals surface area contributed by atoms with Gasteiger partial charge in [-0.05, 0) is 44.8 Å². The van der Waals surface area contributed by atoms with E-state index in [1.54, 1.807) is 0 Å². The molecule has 0 aliphatic carbocycles. The van der Waals surface area contributed by atoms with Crippen molar-refractivity contribution in [1.29, 1.82) is 0 Å². The summed E-state index contributed by atoms with van der Waals surface area (Å²) in [7, 11) is 0. The van der Waals surface area contributed by atoms with Crippen LogP contribution in [0.5, 0.6) is 0 Å². The molecule has 3 heterocycles. The van der Waals surface area contributed by atoms with Gasteiger partial charge in [0.05, 0.1) is 0 Å². The summed E-state index contributed by atoms with van der Waals surface area (Å²) in [5, 5.41) is 3.65. The van der Waals surface area contributed by atoms with Crippen LogP contribution in [0.25, 0.3) is 0 Å². The summed E-state index contributed by atoms with van der Waals surface area (Å²) in [4.78, 5) is 14.5. The van der Waals surface area contributed by atoms with E-state index in [4.69, 9.17) is 16.3 Å². The van der Waals surface area contributed by atoms with Crippen molar-refractivity contribution in [3.8, 4) is 0 Å².